The maximum absolute atomic E-state index is 6.12. The fourth-order valence-electron chi connectivity index (χ4n) is 2.20. The number of halogens is 2. The minimum absolute atomic E-state index is 0.102. The van der Waals surface area contributed by atoms with E-state index in [0.29, 0.717) is 5.02 Å². The Hall–Kier alpha value is -0.420. The molecule has 1 aromatic carbocycles. The lowest BCUT2D eigenvalue weighted by Crippen LogP contribution is -2.16. The molecule has 0 aliphatic heterocycles. The third kappa shape index (κ3) is 2.23. The first-order chi connectivity index (χ1) is 8.65. The van der Waals surface area contributed by atoms with Crippen molar-refractivity contribution in [3.05, 3.63) is 38.3 Å². The Balaban J connectivity index is 2.04. The number of fused-ring (bicyclic) bond motifs is 1. The third-order valence-electron chi connectivity index (χ3n) is 3.16. The zero-order valence-corrected chi connectivity index (χ0v) is 12.8. The summed E-state index contributed by atoms with van der Waals surface area (Å²) in [6.07, 6.45) is 3.30. The Morgan fingerprint density at radius 1 is 1.44 bits per heavy atom. The minimum Gasteiger partial charge on any atom is -0.323 e. The molecule has 1 aliphatic carbocycles. The highest BCUT2D eigenvalue weighted by atomic mass is 79.9. The van der Waals surface area contributed by atoms with E-state index in [4.69, 9.17) is 22.3 Å². The van der Waals surface area contributed by atoms with E-state index in [2.05, 4.69) is 15.9 Å². The third-order valence-corrected chi connectivity index (χ3v) is 5.58. The molecule has 1 aliphatic rings. The monoisotopic (exact) mass is 342 g/mol. The van der Waals surface area contributed by atoms with E-state index in [1.165, 1.54) is 4.88 Å². The highest BCUT2D eigenvalue weighted by molar-refractivity contribution is 9.10. The first kappa shape index (κ1) is 12.6. The van der Waals surface area contributed by atoms with Crippen molar-refractivity contribution in [1.29, 1.82) is 0 Å². The SMILES string of the molecule is NC1CCCc2sc(-c3ccc(Br)c(Cl)c3)nc21. The van der Waals surface area contributed by atoms with E-state index in [0.717, 1.165) is 40.0 Å². The van der Waals surface area contributed by atoms with E-state index < -0.39 is 0 Å². The zero-order chi connectivity index (χ0) is 12.7. The normalized spacial score (nSPS) is 18.7. The van der Waals surface area contributed by atoms with Gasteiger partial charge in [0.1, 0.15) is 5.01 Å². The summed E-state index contributed by atoms with van der Waals surface area (Å²) in [5.74, 6) is 0. The minimum atomic E-state index is 0.102. The van der Waals surface area contributed by atoms with Gasteiger partial charge in [0, 0.05) is 21.0 Å². The number of rotatable bonds is 1. The number of nitrogens with two attached hydrogens (primary N) is 1. The van der Waals surface area contributed by atoms with Gasteiger partial charge in [-0.2, -0.15) is 0 Å². The van der Waals surface area contributed by atoms with Crippen LogP contribution in [0.4, 0.5) is 0 Å². The molecule has 18 heavy (non-hydrogen) atoms. The maximum Gasteiger partial charge on any atom is 0.123 e. The summed E-state index contributed by atoms with van der Waals surface area (Å²) in [5.41, 5.74) is 8.25. The molecule has 0 amide bonds. The Bertz CT molecular complexity index is 597. The van der Waals surface area contributed by atoms with Gasteiger partial charge in [-0.3, -0.25) is 0 Å². The molecule has 5 heteroatoms. The van der Waals surface area contributed by atoms with Crippen LogP contribution in [-0.4, -0.2) is 4.98 Å². The molecule has 1 heterocycles. The van der Waals surface area contributed by atoms with Crippen LogP contribution in [0.25, 0.3) is 10.6 Å². The van der Waals surface area contributed by atoms with Gasteiger partial charge in [-0.15, -0.1) is 11.3 Å². The smallest absolute Gasteiger partial charge is 0.123 e. The van der Waals surface area contributed by atoms with E-state index in [1.807, 2.05) is 18.2 Å². The molecule has 2 nitrogen and oxygen atoms in total. The van der Waals surface area contributed by atoms with Crippen molar-refractivity contribution in [1.82, 2.24) is 4.98 Å². The van der Waals surface area contributed by atoms with Gasteiger partial charge in [-0.1, -0.05) is 17.7 Å². The number of benzene rings is 1. The molecule has 3 rings (SSSR count). The zero-order valence-electron chi connectivity index (χ0n) is 9.62. The summed E-state index contributed by atoms with van der Waals surface area (Å²) >= 11 is 11.3. The van der Waals surface area contributed by atoms with Crippen LogP contribution >= 0.6 is 38.9 Å². The van der Waals surface area contributed by atoms with Crippen molar-refractivity contribution in [2.75, 3.05) is 0 Å². The first-order valence-corrected chi connectivity index (χ1v) is 7.84. The van der Waals surface area contributed by atoms with Gasteiger partial charge >= 0.3 is 0 Å². The largest absolute Gasteiger partial charge is 0.323 e. The molecule has 94 valence electrons. The van der Waals surface area contributed by atoms with Crippen LogP contribution in [0.1, 0.15) is 29.5 Å². The number of thiazole rings is 1. The van der Waals surface area contributed by atoms with Crippen LogP contribution in [0.15, 0.2) is 22.7 Å². The summed E-state index contributed by atoms with van der Waals surface area (Å²) in [6.45, 7) is 0. The van der Waals surface area contributed by atoms with Gasteiger partial charge in [0.05, 0.1) is 10.7 Å². The molecule has 0 saturated carbocycles. The lowest BCUT2D eigenvalue weighted by Gasteiger charge is -2.15. The second-order valence-corrected chi connectivity index (χ2v) is 6.80. The Morgan fingerprint density at radius 2 is 2.28 bits per heavy atom. The number of hydrogen-bond donors (Lipinski definition) is 1. The van der Waals surface area contributed by atoms with Gasteiger partial charge in [-0.05, 0) is 47.3 Å². The fourth-order valence-corrected chi connectivity index (χ4v) is 3.80. The van der Waals surface area contributed by atoms with Gasteiger partial charge in [-0.25, -0.2) is 4.98 Å². The van der Waals surface area contributed by atoms with Crippen LogP contribution in [-0.2, 0) is 6.42 Å². The molecular weight excluding hydrogens is 332 g/mol. The van der Waals surface area contributed by atoms with Gasteiger partial charge in [0.15, 0.2) is 0 Å². The molecule has 0 saturated heterocycles. The van der Waals surface area contributed by atoms with E-state index in [-0.39, 0.29) is 6.04 Å². The summed E-state index contributed by atoms with van der Waals surface area (Å²) < 4.78 is 0.908. The second kappa shape index (κ2) is 4.93. The Kier molecular flexibility index (Phi) is 3.45. The van der Waals surface area contributed by atoms with Crippen molar-refractivity contribution in [2.45, 2.75) is 25.3 Å². The van der Waals surface area contributed by atoms with Crippen molar-refractivity contribution in [2.24, 2.45) is 5.73 Å². The van der Waals surface area contributed by atoms with Gasteiger partial charge in [0.25, 0.3) is 0 Å². The van der Waals surface area contributed by atoms with Crippen molar-refractivity contribution >= 4 is 38.9 Å². The molecule has 2 N–H and O–H groups in total. The Morgan fingerprint density at radius 3 is 3.00 bits per heavy atom. The lowest BCUT2D eigenvalue weighted by atomic mass is 9.99. The first-order valence-electron chi connectivity index (χ1n) is 5.86. The van der Waals surface area contributed by atoms with Crippen LogP contribution in [0.2, 0.25) is 5.02 Å². The number of aromatic nitrogens is 1. The molecule has 1 unspecified atom stereocenters. The lowest BCUT2D eigenvalue weighted by molar-refractivity contribution is 0.564. The summed E-state index contributed by atoms with van der Waals surface area (Å²) in [6, 6.07) is 6.04. The van der Waals surface area contributed by atoms with Crippen molar-refractivity contribution in [3.63, 3.8) is 0 Å². The van der Waals surface area contributed by atoms with Crippen LogP contribution in [0.5, 0.6) is 0 Å². The topological polar surface area (TPSA) is 38.9 Å². The predicted octanol–water partition coefficient (Wildman–Crippen LogP) is 4.56. The van der Waals surface area contributed by atoms with E-state index in [1.54, 1.807) is 11.3 Å². The number of aryl methyl sites for hydroxylation is 1. The molecule has 1 atom stereocenters. The molecule has 0 fully saturated rings. The maximum atomic E-state index is 6.12. The predicted molar refractivity (Wildman–Crippen MR) is 80.1 cm³/mol. The number of hydrogen-bond acceptors (Lipinski definition) is 3. The molecule has 1 aromatic heterocycles. The molecule has 0 radical (unpaired) electrons. The quantitative estimate of drug-likeness (QED) is 0.824. The molecule has 2 aromatic rings. The van der Waals surface area contributed by atoms with Crippen LogP contribution in [0, 0.1) is 0 Å². The van der Waals surface area contributed by atoms with Gasteiger partial charge in [0.2, 0.25) is 0 Å². The Labute approximate surface area is 123 Å². The molecular formula is C13H12BrClN2S. The van der Waals surface area contributed by atoms with Crippen LogP contribution < -0.4 is 5.73 Å². The molecule has 0 bridgehead atoms. The van der Waals surface area contributed by atoms with E-state index in [9.17, 15) is 0 Å². The average molecular weight is 344 g/mol. The summed E-state index contributed by atoms with van der Waals surface area (Å²) in [4.78, 5) is 6.03. The summed E-state index contributed by atoms with van der Waals surface area (Å²) in [5, 5.41) is 1.73. The van der Waals surface area contributed by atoms with Crippen molar-refractivity contribution < 1.29 is 0 Å². The average Bonchev–Trinajstić information content (AvgIpc) is 2.78. The second-order valence-electron chi connectivity index (χ2n) is 4.46. The molecule has 0 spiro atoms. The van der Waals surface area contributed by atoms with E-state index >= 15 is 0 Å². The standard InChI is InChI=1S/C13H12BrClN2S/c14-8-5-4-7(6-9(8)15)13-17-12-10(16)2-1-3-11(12)18-13/h4-6,10H,1-3,16H2. The fraction of sp³-hybridized carbons (Fsp3) is 0.308. The summed E-state index contributed by atoms with van der Waals surface area (Å²) in [7, 11) is 0. The van der Waals surface area contributed by atoms with Gasteiger partial charge < -0.3 is 5.73 Å². The highest BCUT2D eigenvalue weighted by Gasteiger charge is 2.22. The number of nitrogens with zero attached hydrogens (tertiary/aromatic N) is 1. The van der Waals surface area contributed by atoms with Crippen molar-refractivity contribution in [3.8, 4) is 10.6 Å². The highest BCUT2D eigenvalue weighted by Crippen LogP contribution is 2.37. The van der Waals surface area contributed by atoms with Crippen LogP contribution in [0.3, 0.4) is 0 Å².